The van der Waals surface area contributed by atoms with Crippen LogP contribution in [-0.2, 0) is 0 Å². The molecule has 128 valence electrons. The predicted molar refractivity (Wildman–Crippen MR) is 89.6 cm³/mol. The van der Waals surface area contributed by atoms with Crippen LogP contribution in [0.2, 0.25) is 0 Å². The Labute approximate surface area is 140 Å². The summed E-state index contributed by atoms with van der Waals surface area (Å²) in [7, 11) is 0. The number of likely N-dealkylation sites (N-methyl/N-ethyl adjacent to an activating group) is 1. The summed E-state index contributed by atoms with van der Waals surface area (Å²) in [6.45, 7) is 10.1. The molecular weight excluding hydrogens is 310 g/mol. The van der Waals surface area contributed by atoms with Crippen molar-refractivity contribution < 1.29 is 4.92 Å². The maximum absolute atomic E-state index is 11.5. The lowest BCUT2D eigenvalue weighted by Gasteiger charge is -2.34. The monoisotopic (exact) mass is 331 g/mol. The van der Waals surface area contributed by atoms with E-state index < -0.39 is 4.92 Å². The van der Waals surface area contributed by atoms with Crippen LogP contribution in [0.25, 0.3) is 5.82 Å². The molecule has 2 aromatic heterocycles. The van der Waals surface area contributed by atoms with Gasteiger partial charge in [0, 0.05) is 38.6 Å². The van der Waals surface area contributed by atoms with Crippen LogP contribution in [0.1, 0.15) is 18.4 Å². The molecule has 0 aliphatic carbocycles. The molecule has 0 amide bonds. The first-order valence-corrected chi connectivity index (χ1v) is 8.02. The van der Waals surface area contributed by atoms with Crippen molar-refractivity contribution in [3.63, 3.8) is 0 Å². The standard InChI is InChI=1S/C15H21N7O2/c1-4-19-7-9-20(10-8-19)15-17-11(2)13(22(23)24)14(18-15)21-6-5-16-12(21)3/h5-6H,4,7-10H2,1-3H3. The Morgan fingerprint density at radius 1 is 1.21 bits per heavy atom. The first-order chi connectivity index (χ1) is 11.5. The van der Waals surface area contributed by atoms with Gasteiger partial charge in [0.1, 0.15) is 11.5 Å². The van der Waals surface area contributed by atoms with Crippen molar-refractivity contribution in [1.29, 1.82) is 0 Å². The van der Waals surface area contributed by atoms with Gasteiger partial charge in [-0.25, -0.2) is 9.97 Å². The fourth-order valence-corrected chi connectivity index (χ4v) is 2.93. The van der Waals surface area contributed by atoms with Crippen molar-refractivity contribution in [1.82, 2.24) is 24.4 Å². The second kappa shape index (κ2) is 6.52. The Morgan fingerprint density at radius 3 is 2.46 bits per heavy atom. The summed E-state index contributed by atoms with van der Waals surface area (Å²) in [5.74, 6) is 1.46. The highest BCUT2D eigenvalue weighted by Gasteiger charge is 2.27. The van der Waals surface area contributed by atoms with Crippen LogP contribution in [-0.4, -0.2) is 62.1 Å². The summed E-state index contributed by atoms with van der Waals surface area (Å²) >= 11 is 0. The van der Waals surface area contributed by atoms with E-state index in [-0.39, 0.29) is 11.5 Å². The van der Waals surface area contributed by atoms with Crippen LogP contribution in [0.4, 0.5) is 11.6 Å². The van der Waals surface area contributed by atoms with Crippen molar-refractivity contribution >= 4 is 11.6 Å². The second-order valence-corrected chi connectivity index (χ2v) is 5.80. The van der Waals surface area contributed by atoms with E-state index in [1.807, 2.05) is 0 Å². The van der Waals surface area contributed by atoms with Gasteiger partial charge in [-0.15, -0.1) is 0 Å². The summed E-state index contributed by atoms with van der Waals surface area (Å²) in [5, 5.41) is 11.5. The number of imidazole rings is 1. The number of piperazine rings is 1. The zero-order valence-corrected chi connectivity index (χ0v) is 14.1. The number of rotatable bonds is 4. The summed E-state index contributed by atoms with van der Waals surface area (Å²) < 4.78 is 1.64. The van der Waals surface area contributed by atoms with Crippen molar-refractivity contribution in [3.8, 4) is 5.82 Å². The molecule has 3 rings (SSSR count). The van der Waals surface area contributed by atoms with E-state index in [1.165, 1.54) is 0 Å². The highest BCUT2D eigenvalue weighted by molar-refractivity contribution is 5.54. The van der Waals surface area contributed by atoms with Crippen LogP contribution < -0.4 is 4.90 Å². The molecule has 1 aliphatic rings. The molecule has 0 spiro atoms. The highest BCUT2D eigenvalue weighted by Crippen LogP contribution is 2.27. The van der Waals surface area contributed by atoms with Crippen LogP contribution in [0.5, 0.6) is 0 Å². The first-order valence-electron chi connectivity index (χ1n) is 8.02. The summed E-state index contributed by atoms with van der Waals surface area (Å²) in [6, 6.07) is 0. The van der Waals surface area contributed by atoms with E-state index in [0.29, 0.717) is 17.5 Å². The number of nitro groups is 1. The minimum absolute atomic E-state index is 0.0768. The minimum atomic E-state index is -0.428. The van der Waals surface area contributed by atoms with Gasteiger partial charge in [-0.1, -0.05) is 6.92 Å². The average molecular weight is 331 g/mol. The lowest BCUT2D eigenvalue weighted by Crippen LogP contribution is -2.46. The van der Waals surface area contributed by atoms with E-state index in [2.05, 4.69) is 31.7 Å². The molecular formula is C15H21N7O2. The lowest BCUT2D eigenvalue weighted by atomic mass is 10.3. The molecule has 0 bridgehead atoms. The van der Waals surface area contributed by atoms with Crippen molar-refractivity contribution in [2.24, 2.45) is 0 Å². The number of aromatic nitrogens is 4. The third-order valence-electron chi connectivity index (χ3n) is 4.37. The quantitative estimate of drug-likeness (QED) is 0.616. The SMILES string of the molecule is CCN1CCN(c2nc(C)c([N+](=O)[O-])c(-n3ccnc3C)n2)CC1. The summed E-state index contributed by atoms with van der Waals surface area (Å²) in [5.41, 5.74) is 0.290. The van der Waals surface area contributed by atoms with Crippen LogP contribution in [0.15, 0.2) is 12.4 Å². The predicted octanol–water partition coefficient (Wildman–Crippen LogP) is 1.33. The van der Waals surface area contributed by atoms with Gasteiger partial charge in [0.15, 0.2) is 0 Å². The molecule has 2 aromatic rings. The molecule has 0 atom stereocenters. The average Bonchev–Trinajstić information content (AvgIpc) is 2.99. The molecule has 0 unspecified atom stereocenters. The smallest absolute Gasteiger partial charge is 0.333 e. The van der Waals surface area contributed by atoms with Crippen LogP contribution >= 0.6 is 0 Å². The van der Waals surface area contributed by atoms with E-state index in [0.717, 1.165) is 32.7 Å². The molecule has 0 radical (unpaired) electrons. The number of anilines is 1. The normalized spacial score (nSPS) is 15.7. The molecule has 9 heteroatoms. The molecule has 1 fully saturated rings. The van der Waals surface area contributed by atoms with E-state index in [4.69, 9.17) is 0 Å². The molecule has 9 nitrogen and oxygen atoms in total. The molecule has 0 N–H and O–H groups in total. The maximum Gasteiger partial charge on any atom is 0.333 e. The van der Waals surface area contributed by atoms with Gasteiger partial charge >= 0.3 is 5.69 Å². The molecule has 3 heterocycles. The Hall–Kier alpha value is -2.55. The van der Waals surface area contributed by atoms with Crippen LogP contribution in [0, 0.1) is 24.0 Å². The van der Waals surface area contributed by atoms with Crippen molar-refractivity contribution in [2.45, 2.75) is 20.8 Å². The van der Waals surface area contributed by atoms with Gasteiger partial charge in [0.05, 0.1) is 4.92 Å². The number of aryl methyl sites for hydroxylation is 2. The van der Waals surface area contributed by atoms with E-state index in [9.17, 15) is 10.1 Å². The number of hydrogen-bond donors (Lipinski definition) is 0. The summed E-state index contributed by atoms with van der Waals surface area (Å²) in [6.07, 6.45) is 3.29. The molecule has 0 saturated carbocycles. The lowest BCUT2D eigenvalue weighted by molar-refractivity contribution is -0.385. The van der Waals surface area contributed by atoms with Gasteiger partial charge in [-0.3, -0.25) is 14.7 Å². The van der Waals surface area contributed by atoms with Gasteiger partial charge in [-0.2, -0.15) is 4.98 Å². The van der Waals surface area contributed by atoms with Gasteiger partial charge in [0.25, 0.3) is 0 Å². The third kappa shape index (κ3) is 2.94. The Kier molecular flexibility index (Phi) is 4.43. The zero-order valence-electron chi connectivity index (χ0n) is 14.1. The van der Waals surface area contributed by atoms with Gasteiger partial charge in [0.2, 0.25) is 11.8 Å². The Morgan fingerprint density at radius 2 is 1.92 bits per heavy atom. The first kappa shape index (κ1) is 16.3. The minimum Gasteiger partial charge on any atom is -0.338 e. The van der Waals surface area contributed by atoms with E-state index >= 15 is 0 Å². The Balaban J connectivity index is 2.03. The zero-order chi connectivity index (χ0) is 17.3. The molecule has 0 aromatic carbocycles. The maximum atomic E-state index is 11.5. The second-order valence-electron chi connectivity index (χ2n) is 5.80. The molecule has 1 aliphatic heterocycles. The topological polar surface area (TPSA) is 93.2 Å². The van der Waals surface area contributed by atoms with Crippen LogP contribution in [0.3, 0.4) is 0 Å². The fraction of sp³-hybridized carbons (Fsp3) is 0.533. The largest absolute Gasteiger partial charge is 0.338 e. The number of nitrogens with zero attached hydrogens (tertiary/aromatic N) is 7. The van der Waals surface area contributed by atoms with E-state index in [1.54, 1.807) is 30.8 Å². The number of hydrogen-bond acceptors (Lipinski definition) is 7. The summed E-state index contributed by atoms with van der Waals surface area (Å²) in [4.78, 5) is 28.5. The van der Waals surface area contributed by atoms with Gasteiger partial charge < -0.3 is 9.80 Å². The highest BCUT2D eigenvalue weighted by atomic mass is 16.6. The fourth-order valence-electron chi connectivity index (χ4n) is 2.93. The molecule has 24 heavy (non-hydrogen) atoms. The molecule has 1 saturated heterocycles. The van der Waals surface area contributed by atoms with Crippen molar-refractivity contribution in [3.05, 3.63) is 34.0 Å². The Bertz CT molecular complexity index is 750. The van der Waals surface area contributed by atoms with Gasteiger partial charge in [-0.05, 0) is 20.4 Å². The van der Waals surface area contributed by atoms with Crippen molar-refractivity contribution in [2.75, 3.05) is 37.6 Å². The third-order valence-corrected chi connectivity index (χ3v) is 4.37.